The van der Waals surface area contributed by atoms with E-state index < -0.39 is 26.3 Å². The lowest BCUT2D eigenvalue weighted by atomic mass is 9.79. The van der Waals surface area contributed by atoms with Crippen molar-refractivity contribution >= 4 is 21.2 Å². The molecule has 31 heavy (non-hydrogen) atoms. The van der Waals surface area contributed by atoms with Gasteiger partial charge in [-0.05, 0) is 82.6 Å². The molecule has 1 heterocycles. The Morgan fingerprint density at radius 1 is 1.03 bits per heavy atom. The summed E-state index contributed by atoms with van der Waals surface area (Å²) in [6.45, 7) is 5.10. The maximum Gasteiger partial charge on any atom is 0.415 e. The van der Waals surface area contributed by atoms with Crippen LogP contribution in [0, 0.1) is 11.8 Å². The number of nitrogens with zero attached hydrogens (tertiary/aromatic N) is 1. The number of benzene rings is 1. The van der Waals surface area contributed by atoms with Crippen molar-refractivity contribution in [2.24, 2.45) is 16.8 Å². The summed E-state index contributed by atoms with van der Waals surface area (Å²) in [4.78, 5) is 4.44. The van der Waals surface area contributed by atoms with Crippen LogP contribution in [0.5, 0.6) is 5.75 Å². The summed E-state index contributed by atoms with van der Waals surface area (Å²) in [7, 11) is -1.71. The van der Waals surface area contributed by atoms with E-state index >= 15 is 0 Å². The maximum absolute atomic E-state index is 13.7. The van der Waals surface area contributed by atoms with Crippen LogP contribution >= 0.6 is 0 Å². The number of sulfone groups is 1. The monoisotopic (exact) mass is 457 g/mol. The Morgan fingerprint density at radius 3 is 2.10 bits per heavy atom. The molecule has 0 saturated heterocycles. The highest BCUT2D eigenvalue weighted by Gasteiger charge is 2.42. The molecule has 1 fully saturated rings. The molecule has 8 heteroatoms. The number of allylic oxidation sites excluding steroid dienone is 1. The summed E-state index contributed by atoms with van der Waals surface area (Å²) >= 11 is 0. The van der Waals surface area contributed by atoms with Crippen LogP contribution in [-0.4, -0.2) is 37.9 Å². The van der Waals surface area contributed by atoms with Crippen molar-refractivity contribution in [3.8, 4) is 5.75 Å². The fraction of sp³-hybridized carbons (Fsp3) is 0.609. The highest BCUT2D eigenvalue weighted by molar-refractivity contribution is 7.92. The largest absolute Gasteiger partial charge is 0.497 e. The fourth-order valence-corrected chi connectivity index (χ4v) is 5.65. The number of hydrogen-bond acceptors (Lipinski definition) is 4. The molecule has 0 radical (unpaired) electrons. The van der Waals surface area contributed by atoms with Crippen LogP contribution in [0.4, 0.5) is 13.2 Å². The van der Waals surface area contributed by atoms with Gasteiger partial charge in [-0.1, -0.05) is 0 Å². The first kappa shape index (κ1) is 23.8. The number of ether oxygens (including phenoxy) is 1. The molecule has 0 amide bonds. The van der Waals surface area contributed by atoms with Crippen LogP contribution in [-0.2, 0) is 9.84 Å². The average molecular weight is 458 g/mol. The second-order valence-corrected chi connectivity index (χ2v) is 12.2. The van der Waals surface area contributed by atoms with Gasteiger partial charge in [0, 0.05) is 17.7 Å². The Balaban J connectivity index is 1.73. The standard InChI is InChI=1S/C23H30F3NO3S/c1-22(2,3)31(28,29)14-15-5-7-16(8-6-15)20-13-19(23(24,25)26)21(27-20)17-9-11-18(30-4)12-10-17/h9-12,15-16H,5-8,13-14H2,1-4H3. The number of halogens is 3. The van der Waals surface area contributed by atoms with Gasteiger partial charge in [0.15, 0.2) is 9.84 Å². The van der Waals surface area contributed by atoms with E-state index in [9.17, 15) is 21.6 Å². The first-order chi connectivity index (χ1) is 14.3. The summed E-state index contributed by atoms with van der Waals surface area (Å²) in [6, 6.07) is 6.45. The van der Waals surface area contributed by atoms with Crippen molar-refractivity contribution in [2.75, 3.05) is 12.9 Å². The molecule has 1 aliphatic heterocycles. The summed E-state index contributed by atoms with van der Waals surface area (Å²) in [5, 5.41) is 0. The Labute approximate surface area is 182 Å². The molecule has 4 nitrogen and oxygen atoms in total. The predicted molar refractivity (Wildman–Crippen MR) is 117 cm³/mol. The molecule has 0 bridgehead atoms. The average Bonchev–Trinajstić information content (AvgIpc) is 3.13. The van der Waals surface area contributed by atoms with Gasteiger partial charge < -0.3 is 4.74 Å². The first-order valence-corrected chi connectivity index (χ1v) is 12.2. The maximum atomic E-state index is 13.7. The second-order valence-electron chi connectivity index (χ2n) is 9.44. The minimum atomic E-state index is -4.45. The van der Waals surface area contributed by atoms with Crippen LogP contribution in [0.25, 0.3) is 5.70 Å². The molecule has 3 rings (SSSR count). The molecule has 0 N–H and O–H groups in total. The molecule has 0 atom stereocenters. The zero-order valence-corrected chi connectivity index (χ0v) is 19.2. The van der Waals surface area contributed by atoms with Gasteiger partial charge in [-0.3, -0.25) is 4.99 Å². The zero-order valence-electron chi connectivity index (χ0n) is 18.4. The lowest BCUT2D eigenvalue weighted by molar-refractivity contribution is -0.0917. The van der Waals surface area contributed by atoms with Crippen molar-refractivity contribution < 1.29 is 26.3 Å². The Bertz CT molecular complexity index is 963. The Kier molecular flexibility index (Phi) is 6.61. The third kappa shape index (κ3) is 5.33. The molecule has 172 valence electrons. The van der Waals surface area contributed by atoms with Crippen LogP contribution in [0.2, 0.25) is 0 Å². The van der Waals surface area contributed by atoms with E-state index in [1.165, 1.54) is 7.11 Å². The first-order valence-electron chi connectivity index (χ1n) is 10.6. The summed E-state index contributed by atoms with van der Waals surface area (Å²) in [5.41, 5.74) is 0.371. The Morgan fingerprint density at radius 2 is 1.61 bits per heavy atom. The number of rotatable bonds is 5. The van der Waals surface area contributed by atoms with Gasteiger partial charge in [-0.25, -0.2) is 8.42 Å². The molecule has 1 saturated carbocycles. The van der Waals surface area contributed by atoms with E-state index in [0.717, 1.165) is 0 Å². The molecule has 0 unspecified atom stereocenters. The van der Waals surface area contributed by atoms with Crippen LogP contribution in [0.15, 0.2) is 34.8 Å². The van der Waals surface area contributed by atoms with Gasteiger partial charge in [-0.2, -0.15) is 13.2 Å². The molecule has 1 aromatic rings. The molecule has 0 spiro atoms. The zero-order chi connectivity index (χ0) is 23.0. The highest BCUT2D eigenvalue weighted by Crippen LogP contribution is 2.43. The number of alkyl halides is 3. The van der Waals surface area contributed by atoms with Crippen molar-refractivity contribution in [1.29, 1.82) is 0 Å². The Hall–Kier alpha value is -1.83. The number of hydrogen-bond donors (Lipinski definition) is 0. The van der Waals surface area contributed by atoms with E-state index in [1.807, 2.05) is 0 Å². The quantitative estimate of drug-likeness (QED) is 0.559. The molecule has 2 aliphatic rings. The summed E-state index contributed by atoms with van der Waals surface area (Å²) in [5.74, 6) is 0.725. The minimum Gasteiger partial charge on any atom is -0.497 e. The minimum absolute atomic E-state index is 0.0115. The van der Waals surface area contributed by atoms with Gasteiger partial charge in [-0.15, -0.1) is 0 Å². The molecule has 1 aliphatic carbocycles. The molecular weight excluding hydrogens is 427 g/mol. The lowest BCUT2D eigenvalue weighted by Gasteiger charge is -2.30. The SMILES string of the molecule is COc1ccc(C2=C(C(F)(F)F)CC(C3CCC(CS(=O)(=O)C(C)(C)C)CC3)=N2)cc1. The second kappa shape index (κ2) is 8.60. The van der Waals surface area contributed by atoms with Crippen molar-refractivity contribution in [1.82, 2.24) is 0 Å². The summed E-state index contributed by atoms with van der Waals surface area (Å²) < 4.78 is 70.4. The lowest BCUT2D eigenvalue weighted by Crippen LogP contribution is -2.35. The van der Waals surface area contributed by atoms with E-state index in [4.69, 9.17) is 4.74 Å². The van der Waals surface area contributed by atoms with Crippen LogP contribution in [0.1, 0.15) is 58.4 Å². The van der Waals surface area contributed by atoms with E-state index in [-0.39, 0.29) is 29.7 Å². The van der Waals surface area contributed by atoms with E-state index in [1.54, 1.807) is 45.0 Å². The topological polar surface area (TPSA) is 55.7 Å². The van der Waals surface area contributed by atoms with E-state index in [0.29, 0.717) is 42.7 Å². The van der Waals surface area contributed by atoms with Gasteiger partial charge in [0.25, 0.3) is 0 Å². The normalized spacial score (nSPS) is 23.1. The van der Waals surface area contributed by atoms with Crippen LogP contribution in [0.3, 0.4) is 0 Å². The third-order valence-electron chi connectivity index (χ3n) is 6.31. The molecular formula is C23H30F3NO3S. The van der Waals surface area contributed by atoms with Gasteiger partial charge >= 0.3 is 6.18 Å². The number of methoxy groups -OCH3 is 1. The third-order valence-corrected chi connectivity index (χ3v) is 9.09. The fourth-order valence-electron chi connectivity index (χ4n) is 4.20. The van der Waals surface area contributed by atoms with E-state index in [2.05, 4.69) is 4.99 Å². The van der Waals surface area contributed by atoms with Crippen molar-refractivity contribution in [2.45, 2.75) is 63.8 Å². The highest BCUT2D eigenvalue weighted by atomic mass is 32.2. The van der Waals surface area contributed by atoms with Crippen molar-refractivity contribution in [3.63, 3.8) is 0 Å². The number of aliphatic imine (C=N–C) groups is 1. The van der Waals surface area contributed by atoms with Gasteiger partial charge in [0.2, 0.25) is 0 Å². The predicted octanol–water partition coefficient (Wildman–Crippen LogP) is 5.83. The molecule has 0 aromatic heterocycles. The van der Waals surface area contributed by atoms with Gasteiger partial charge in [0.1, 0.15) is 5.75 Å². The van der Waals surface area contributed by atoms with Gasteiger partial charge in [0.05, 0.1) is 28.9 Å². The summed E-state index contributed by atoms with van der Waals surface area (Å²) in [6.07, 6.45) is -1.91. The smallest absolute Gasteiger partial charge is 0.415 e. The van der Waals surface area contributed by atoms with Crippen molar-refractivity contribution in [3.05, 3.63) is 35.4 Å². The van der Waals surface area contributed by atoms with Crippen LogP contribution < -0.4 is 4.74 Å². The molecule has 1 aromatic carbocycles.